The summed E-state index contributed by atoms with van der Waals surface area (Å²) in [5.74, 6) is -0.276. The number of hydrogen-bond donors (Lipinski definition) is 2. The molecular formula is C10H10N4O4. The highest BCUT2D eigenvalue weighted by Gasteiger charge is 2.13. The standard InChI is InChI=1S/C10H10N4O4/c1-11-9(15)5-13-8-3-2-6(14(17)18)4-7(8)10(16)12-13/h2-4H,5H2,1H3,(H,11,15)(H,12,16). The number of fused-ring (bicyclic) bond motifs is 1. The lowest BCUT2D eigenvalue weighted by molar-refractivity contribution is -0.384. The minimum Gasteiger partial charge on any atom is -0.358 e. The topological polar surface area (TPSA) is 110 Å². The summed E-state index contributed by atoms with van der Waals surface area (Å²) in [6.45, 7) is -0.0486. The van der Waals surface area contributed by atoms with Crippen molar-refractivity contribution in [2.75, 3.05) is 7.05 Å². The molecule has 0 aliphatic carbocycles. The Labute approximate surface area is 100 Å². The number of aromatic amines is 1. The van der Waals surface area contributed by atoms with Crippen LogP contribution >= 0.6 is 0 Å². The largest absolute Gasteiger partial charge is 0.358 e. The summed E-state index contributed by atoms with van der Waals surface area (Å²) in [4.78, 5) is 32.9. The fraction of sp³-hybridized carbons (Fsp3) is 0.200. The number of hydrogen-bond acceptors (Lipinski definition) is 4. The van der Waals surface area contributed by atoms with Gasteiger partial charge < -0.3 is 5.32 Å². The first-order chi connectivity index (χ1) is 8.52. The smallest absolute Gasteiger partial charge is 0.272 e. The van der Waals surface area contributed by atoms with Crippen molar-refractivity contribution >= 4 is 22.5 Å². The Morgan fingerprint density at radius 3 is 2.89 bits per heavy atom. The predicted octanol–water partition coefficient (Wildman–Crippen LogP) is -0.0162. The van der Waals surface area contributed by atoms with Crippen LogP contribution in [-0.2, 0) is 11.3 Å². The molecule has 0 saturated carbocycles. The highest BCUT2D eigenvalue weighted by Crippen LogP contribution is 2.17. The zero-order valence-corrected chi connectivity index (χ0v) is 9.47. The Morgan fingerprint density at radius 1 is 1.56 bits per heavy atom. The molecule has 18 heavy (non-hydrogen) atoms. The highest BCUT2D eigenvalue weighted by atomic mass is 16.6. The third kappa shape index (κ3) is 1.95. The monoisotopic (exact) mass is 250 g/mol. The maximum absolute atomic E-state index is 11.6. The zero-order chi connectivity index (χ0) is 13.3. The Hall–Kier alpha value is -2.64. The lowest BCUT2D eigenvalue weighted by atomic mass is 10.2. The van der Waals surface area contributed by atoms with Crippen molar-refractivity contribution in [2.45, 2.75) is 6.54 Å². The molecule has 94 valence electrons. The molecular weight excluding hydrogens is 240 g/mol. The molecule has 2 rings (SSSR count). The molecule has 1 aromatic carbocycles. The van der Waals surface area contributed by atoms with Crippen molar-refractivity contribution in [3.05, 3.63) is 38.7 Å². The molecule has 0 bridgehead atoms. The number of rotatable bonds is 3. The Morgan fingerprint density at radius 2 is 2.28 bits per heavy atom. The SMILES string of the molecule is CNC(=O)Cn1[nH]c(=O)c2cc([N+](=O)[O-])ccc21. The summed E-state index contributed by atoms with van der Waals surface area (Å²) in [6, 6.07) is 3.92. The number of carbonyl (C=O) groups is 1. The first kappa shape index (κ1) is 11.8. The summed E-state index contributed by atoms with van der Waals surface area (Å²) < 4.78 is 1.35. The summed E-state index contributed by atoms with van der Waals surface area (Å²) in [7, 11) is 1.48. The van der Waals surface area contributed by atoms with Crippen molar-refractivity contribution in [2.24, 2.45) is 0 Å². The van der Waals surface area contributed by atoms with Gasteiger partial charge in [-0.2, -0.15) is 0 Å². The van der Waals surface area contributed by atoms with Crippen molar-refractivity contribution < 1.29 is 9.72 Å². The van der Waals surface area contributed by atoms with Crippen LogP contribution in [0.2, 0.25) is 0 Å². The van der Waals surface area contributed by atoms with Crippen LogP contribution in [0.5, 0.6) is 0 Å². The summed E-state index contributed by atoms with van der Waals surface area (Å²) in [5.41, 5.74) is -0.169. The van der Waals surface area contributed by atoms with Crippen molar-refractivity contribution in [3.63, 3.8) is 0 Å². The van der Waals surface area contributed by atoms with Gasteiger partial charge in [-0.1, -0.05) is 0 Å². The van der Waals surface area contributed by atoms with Crippen molar-refractivity contribution in [1.82, 2.24) is 15.1 Å². The molecule has 0 radical (unpaired) electrons. The quantitative estimate of drug-likeness (QED) is 0.589. The van der Waals surface area contributed by atoms with Crippen LogP contribution in [0.3, 0.4) is 0 Å². The molecule has 0 aliphatic rings. The van der Waals surface area contributed by atoms with E-state index >= 15 is 0 Å². The molecule has 0 atom stereocenters. The molecule has 2 aromatic rings. The molecule has 0 fully saturated rings. The summed E-state index contributed by atoms with van der Waals surface area (Å²) >= 11 is 0. The fourth-order valence-corrected chi connectivity index (χ4v) is 1.65. The van der Waals surface area contributed by atoms with Gasteiger partial charge >= 0.3 is 0 Å². The van der Waals surface area contributed by atoms with Crippen LogP contribution in [0, 0.1) is 10.1 Å². The number of nitrogens with one attached hydrogen (secondary N) is 2. The summed E-state index contributed by atoms with van der Waals surface area (Å²) in [6.07, 6.45) is 0. The van der Waals surface area contributed by atoms with Crippen molar-refractivity contribution in [1.29, 1.82) is 0 Å². The maximum Gasteiger partial charge on any atom is 0.272 e. The lowest BCUT2D eigenvalue weighted by Crippen LogP contribution is -2.24. The normalized spacial score (nSPS) is 10.5. The van der Waals surface area contributed by atoms with Crippen LogP contribution in [-0.4, -0.2) is 27.7 Å². The van der Waals surface area contributed by atoms with E-state index in [-0.39, 0.29) is 23.5 Å². The van der Waals surface area contributed by atoms with E-state index in [4.69, 9.17) is 0 Å². The number of carbonyl (C=O) groups excluding carboxylic acids is 1. The van der Waals surface area contributed by atoms with E-state index in [9.17, 15) is 19.7 Å². The number of nitro benzene ring substituents is 1. The Bertz CT molecular complexity index is 685. The van der Waals surface area contributed by atoms with E-state index in [2.05, 4.69) is 10.4 Å². The maximum atomic E-state index is 11.6. The van der Waals surface area contributed by atoms with E-state index in [1.54, 1.807) is 0 Å². The molecule has 8 nitrogen and oxygen atoms in total. The van der Waals surface area contributed by atoms with Gasteiger partial charge in [0.05, 0.1) is 15.8 Å². The minimum atomic E-state index is -0.574. The molecule has 1 aromatic heterocycles. The van der Waals surface area contributed by atoms with E-state index in [0.29, 0.717) is 5.52 Å². The lowest BCUT2D eigenvalue weighted by Gasteiger charge is -2.02. The first-order valence-electron chi connectivity index (χ1n) is 5.10. The Balaban J connectivity index is 2.56. The van der Waals surface area contributed by atoms with Gasteiger partial charge in [0.15, 0.2) is 0 Å². The third-order valence-corrected chi connectivity index (χ3v) is 2.54. The van der Waals surface area contributed by atoms with E-state index < -0.39 is 10.5 Å². The first-order valence-corrected chi connectivity index (χ1v) is 5.10. The Kier molecular flexibility index (Phi) is 2.84. The van der Waals surface area contributed by atoms with Gasteiger partial charge in [0.25, 0.3) is 11.2 Å². The second kappa shape index (κ2) is 4.32. The van der Waals surface area contributed by atoms with Crippen molar-refractivity contribution in [3.8, 4) is 0 Å². The number of likely N-dealkylation sites (N-methyl/N-ethyl adjacent to an activating group) is 1. The summed E-state index contributed by atoms with van der Waals surface area (Å²) in [5, 5.41) is 15.7. The van der Waals surface area contributed by atoms with E-state index in [1.807, 2.05) is 0 Å². The van der Waals surface area contributed by atoms with Gasteiger partial charge in [-0.25, -0.2) is 0 Å². The van der Waals surface area contributed by atoms with Crippen LogP contribution in [0.1, 0.15) is 0 Å². The molecule has 8 heteroatoms. The molecule has 0 aliphatic heterocycles. The molecule has 0 saturated heterocycles. The van der Waals surface area contributed by atoms with Gasteiger partial charge in [0.2, 0.25) is 5.91 Å². The molecule has 0 spiro atoms. The van der Waals surface area contributed by atoms with E-state index in [0.717, 1.165) is 0 Å². The molecule has 2 N–H and O–H groups in total. The average Bonchev–Trinajstić information content (AvgIpc) is 2.65. The number of amides is 1. The fourth-order valence-electron chi connectivity index (χ4n) is 1.65. The number of benzene rings is 1. The van der Waals surface area contributed by atoms with Gasteiger partial charge in [-0.3, -0.25) is 29.5 Å². The molecule has 1 heterocycles. The minimum absolute atomic E-state index is 0.0486. The number of nitrogens with zero attached hydrogens (tertiary/aromatic N) is 2. The van der Waals surface area contributed by atoms with E-state index in [1.165, 1.54) is 29.9 Å². The number of H-pyrrole nitrogens is 1. The molecule has 1 amide bonds. The van der Waals surface area contributed by atoms with Gasteiger partial charge in [-0.15, -0.1) is 0 Å². The zero-order valence-electron chi connectivity index (χ0n) is 9.47. The van der Waals surface area contributed by atoms with Crippen LogP contribution in [0.15, 0.2) is 23.0 Å². The second-order valence-electron chi connectivity index (χ2n) is 3.66. The third-order valence-electron chi connectivity index (χ3n) is 2.54. The van der Waals surface area contributed by atoms with Crippen LogP contribution in [0.4, 0.5) is 5.69 Å². The highest BCUT2D eigenvalue weighted by molar-refractivity contribution is 5.83. The van der Waals surface area contributed by atoms with Gasteiger partial charge in [-0.05, 0) is 6.07 Å². The predicted molar refractivity (Wildman–Crippen MR) is 63.3 cm³/mol. The molecule has 0 unspecified atom stereocenters. The second-order valence-corrected chi connectivity index (χ2v) is 3.66. The van der Waals surface area contributed by atoms with Crippen LogP contribution < -0.4 is 10.9 Å². The number of aromatic nitrogens is 2. The average molecular weight is 250 g/mol. The number of non-ortho nitro benzene ring substituents is 1. The number of nitro groups is 1. The van der Waals surface area contributed by atoms with Gasteiger partial charge in [0.1, 0.15) is 6.54 Å². The van der Waals surface area contributed by atoms with Crippen LogP contribution in [0.25, 0.3) is 10.9 Å². The van der Waals surface area contributed by atoms with Gasteiger partial charge in [0, 0.05) is 19.2 Å².